The van der Waals surface area contributed by atoms with Crippen LogP contribution in [-0.2, 0) is 4.79 Å². The molecule has 1 aromatic heterocycles. The van der Waals surface area contributed by atoms with Crippen molar-refractivity contribution >= 4 is 45.9 Å². The Labute approximate surface area is 201 Å². The Hall–Kier alpha value is -3.09. The van der Waals surface area contributed by atoms with Crippen LogP contribution in [0.25, 0.3) is 16.6 Å². The van der Waals surface area contributed by atoms with Crippen molar-refractivity contribution in [2.45, 2.75) is 38.1 Å². The number of halogens is 1. The first-order chi connectivity index (χ1) is 15.7. The van der Waals surface area contributed by atoms with E-state index >= 15 is 0 Å². The van der Waals surface area contributed by atoms with Gasteiger partial charge in [0.2, 0.25) is 5.91 Å². The van der Waals surface area contributed by atoms with Gasteiger partial charge in [-0.05, 0) is 69.2 Å². The second kappa shape index (κ2) is 9.41. The zero-order valence-corrected chi connectivity index (χ0v) is 20.4. The Kier molecular flexibility index (Phi) is 6.58. The maximum atomic E-state index is 13.4. The smallest absolute Gasteiger partial charge is 0.266 e. The molecule has 33 heavy (non-hydrogen) atoms. The Morgan fingerprint density at radius 2 is 1.73 bits per heavy atom. The summed E-state index contributed by atoms with van der Waals surface area (Å²) in [5, 5.41) is 4.00. The van der Waals surface area contributed by atoms with Gasteiger partial charge in [0.1, 0.15) is 0 Å². The van der Waals surface area contributed by atoms with Crippen molar-refractivity contribution in [1.82, 2.24) is 9.55 Å². The Balaban J connectivity index is 1.73. The third kappa shape index (κ3) is 4.82. The third-order valence-corrected chi connectivity index (χ3v) is 6.68. The standard InChI is InChI=1S/C26H24ClN3O2S/c1-15-12-16(2)23(17(3)13-15)29-24(31)18(4)33-26-28-22-11-6-5-10-21(22)25(32)30(26)20-9-7-8-19(27)14-20/h5-14,18H,1-4H3,(H,29,31). The molecular weight excluding hydrogens is 454 g/mol. The minimum atomic E-state index is -0.497. The lowest BCUT2D eigenvalue weighted by Gasteiger charge is -2.18. The lowest BCUT2D eigenvalue weighted by molar-refractivity contribution is -0.115. The van der Waals surface area contributed by atoms with E-state index in [9.17, 15) is 9.59 Å². The number of fused-ring (bicyclic) bond motifs is 1. The molecule has 3 aromatic carbocycles. The second-order valence-electron chi connectivity index (χ2n) is 8.06. The maximum absolute atomic E-state index is 13.4. The molecule has 0 bridgehead atoms. The Morgan fingerprint density at radius 3 is 2.42 bits per heavy atom. The Bertz CT molecular complexity index is 1410. The van der Waals surface area contributed by atoms with Gasteiger partial charge in [0, 0.05) is 10.7 Å². The van der Waals surface area contributed by atoms with Gasteiger partial charge in [0.25, 0.3) is 5.56 Å². The van der Waals surface area contributed by atoms with E-state index in [-0.39, 0.29) is 11.5 Å². The number of anilines is 1. The van der Waals surface area contributed by atoms with Gasteiger partial charge in [0.15, 0.2) is 5.16 Å². The molecular formula is C26H24ClN3O2S. The van der Waals surface area contributed by atoms with Gasteiger partial charge in [-0.25, -0.2) is 4.98 Å². The molecule has 1 unspecified atom stereocenters. The molecule has 4 rings (SSSR count). The van der Waals surface area contributed by atoms with E-state index in [1.807, 2.05) is 52.0 Å². The highest BCUT2D eigenvalue weighted by atomic mass is 35.5. The van der Waals surface area contributed by atoms with E-state index < -0.39 is 5.25 Å². The van der Waals surface area contributed by atoms with Crippen LogP contribution in [0.3, 0.4) is 0 Å². The number of benzene rings is 3. The zero-order chi connectivity index (χ0) is 23.7. The van der Waals surface area contributed by atoms with Crippen LogP contribution in [0.15, 0.2) is 70.6 Å². The summed E-state index contributed by atoms with van der Waals surface area (Å²) in [5.41, 5.74) is 4.97. The molecule has 0 aliphatic heterocycles. The number of rotatable bonds is 5. The minimum Gasteiger partial charge on any atom is -0.325 e. The molecule has 0 radical (unpaired) electrons. The molecule has 1 amide bonds. The van der Waals surface area contributed by atoms with E-state index in [1.54, 1.807) is 36.4 Å². The average Bonchev–Trinajstić information content (AvgIpc) is 2.76. The van der Waals surface area contributed by atoms with E-state index in [2.05, 4.69) is 5.32 Å². The van der Waals surface area contributed by atoms with Crippen molar-refractivity contribution < 1.29 is 4.79 Å². The van der Waals surface area contributed by atoms with Gasteiger partial charge in [-0.3, -0.25) is 14.2 Å². The predicted molar refractivity (Wildman–Crippen MR) is 137 cm³/mol. The first kappa shape index (κ1) is 23.1. The molecule has 4 aromatic rings. The summed E-state index contributed by atoms with van der Waals surface area (Å²) in [7, 11) is 0. The monoisotopic (exact) mass is 477 g/mol. The van der Waals surface area contributed by atoms with Crippen molar-refractivity contribution in [3.05, 3.63) is 92.7 Å². The van der Waals surface area contributed by atoms with Crippen LogP contribution >= 0.6 is 23.4 Å². The van der Waals surface area contributed by atoms with Crippen molar-refractivity contribution in [2.75, 3.05) is 5.32 Å². The molecule has 1 N–H and O–H groups in total. The van der Waals surface area contributed by atoms with Gasteiger partial charge < -0.3 is 5.32 Å². The molecule has 1 atom stereocenters. The van der Waals surface area contributed by atoms with Crippen LogP contribution in [0.5, 0.6) is 0 Å². The maximum Gasteiger partial charge on any atom is 0.266 e. The highest BCUT2D eigenvalue weighted by Gasteiger charge is 2.21. The van der Waals surface area contributed by atoms with Crippen LogP contribution in [0, 0.1) is 20.8 Å². The number of carbonyl (C=O) groups excluding carboxylic acids is 1. The number of para-hydroxylation sites is 1. The number of hydrogen-bond acceptors (Lipinski definition) is 4. The number of hydrogen-bond donors (Lipinski definition) is 1. The molecule has 168 valence electrons. The number of aryl methyl sites for hydroxylation is 3. The summed E-state index contributed by atoms with van der Waals surface area (Å²) in [4.78, 5) is 31.2. The highest BCUT2D eigenvalue weighted by Crippen LogP contribution is 2.28. The second-order valence-corrected chi connectivity index (χ2v) is 9.80. The van der Waals surface area contributed by atoms with Gasteiger partial charge in [-0.2, -0.15) is 0 Å². The molecule has 0 aliphatic rings. The van der Waals surface area contributed by atoms with Crippen molar-refractivity contribution in [3.8, 4) is 5.69 Å². The first-order valence-electron chi connectivity index (χ1n) is 10.6. The number of carbonyl (C=O) groups is 1. The summed E-state index contributed by atoms with van der Waals surface area (Å²) in [6.45, 7) is 7.80. The van der Waals surface area contributed by atoms with Gasteiger partial charge in [0.05, 0.1) is 21.8 Å². The number of aromatic nitrogens is 2. The minimum absolute atomic E-state index is 0.157. The highest BCUT2D eigenvalue weighted by molar-refractivity contribution is 8.00. The first-order valence-corrected chi connectivity index (χ1v) is 11.8. The Morgan fingerprint density at radius 1 is 1.03 bits per heavy atom. The fourth-order valence-electron chi connectivity index (χ4n) is 3.85. The normalized spacial score (nSPS) is 12.0. The fourth-order valence-corrected chi connectivity index (χ4v) is 4.96. The number of nitrogens with one attached hydrogen (secondary N) is 1. The fraction of sp³-hybridized carbons (Fsp3) is 0.192. The summed E-state index contributed by atoms with van der Waals surface area (Å²) in [6.07, 6.45) is 0. The predicted octanol–water partition coefficient (Wildman–Crippen LogP) is 6.08. The molecule has 0 saturated carbocycles. The number of nitrogens with zero attached hydrogens (tertiary/aromatic N) is 2. The van der Waals surface area contributed by atoms with Crippen LogP contribution in [0.1, 0.15) is 23.6 Å². The van der Waals surface area contributed by atoms with Gasteiger partial charge in [-0.15, -0.1) is 0 Å². The largest absolute Gasteiger partial charge is 0.325 e. The number of thioether (sulfide) groups is 1. The van der Waals surface area contributed by atoms with Crippen LogP contribution in [0.4, 0.5) is 5.69 Å². The lowest BCUT2D eigenvalue weighted by Crippen LogP contribution is -2.26. The summed E-state index contributed by atoms with van der Waals surface area (Å²) in [6, 6.07) is 18.3. The molecule has 0 fully saturated rings. The van der Waals surface area contributed by atoms with E-state index in [1.165, 1.54) is 16.3 Å². The van der Waals surface area contributed by atoms with Crippen molar-refractivity contribution in [1.29, 1.82) is 0 Å². The molecule has 0 saturated heterocycles. The molecule has 5 nitrogen and oxygen atoms in total. The van der Waals surface area contributed by atoms with E-state index in [0.29, 0.717) is 26.8 Å². The summed E-state index contributed by atoms with van der Waals surface area (Å²) < 4.78 is 1.52. The quantitative estimate of drug-likeness (QED) is 0.279. The van der Waals surface area contributed by atoms with Crippen molar-refractivity contribution in [2.24, 2.45) is 0 Å². The summed E-state index contributed by atoms with van der Waals surface area (Å²) >= 11 is 7.44. The van der Waals surface area contributed by atoms with Crippen molar-refractivity contribution in [3.63, 3.8) is 0 Å². The molecule has 0 spiro atoms. The third-order valence-electron chi connectivity index (χ3n) is 5.39. The number of amides is 1. The zero-order valence-electron chi connectivity index (χ0n) is 18.8. The molecule has 1 heterocycles. The lowest BCUT2D eigenvalue weighted by atomic mass is 10.1. The van der Waals surface area contributed by atoms with Crippen LogP contribution in [-0.4, -0.2) is 20.7 Å². The topological polar surface area (TPSA) is 64.0 Å². The van der Waals surface area contributed by atoms with Crippen LogP contribution < -0.4 is 10.9 Å². The van der Waals surface area contributed by atoms with E-state index in [4.69, 9.17) is 16.6 Å². The van der Waals surface area contributed by atoms with Gasteiger partial charge in [-0.1, -0.05) is 59.3 Å². The molecule has 7 heteroatoms. The SMILES string of the molecule is Cc1cc(C)c(NC(=O)C(C)Sc2nc3ccccc3c(=O)n2-c2cccc(Cl)c2)c(C)c1. The average molecular weight is 478 g/mol. The molecule has 0 aliphatic carbocycles. The van der Waals surface area contributed by atoms with Crippen LogP contribution in [0.2, 0.25) is 5.02 Å². The van der Waals surface area contributed by atoms with Gasteiger partial charge >= 0.3 is 0 Å². The van der Waals surface area contributed by atoms with E-state index in [0.717, 1.165) is 22.4 Å². The summed E-state index contributed by atoms with van der Waals surface area (Å²) in [5.74, 6) is -0.157.